The van der Waals surface area contributed by atoms with Crippen LogP contribution < -0.4 is 9.46 Å². The van der Waals surface area contributed by atoms with Gasteiger partial charge < -0.3 is 9.47 Å². The summed E-state index contributed by atoms with van der Waals surface area (Å²) in [6.45, 7) is 1.92. The van der Waals surface area contributed by atoms with E-state index in [2.05, 4.69) is 22.1 Å². The van der Waals surface area contributed by atoms with E-state index in [1.807, 2.05) is 31.2 Å². The molecule has 2 aromatic carbocycles. The fraction of sp³-hybridized carbons (Fsp3) is 0.278. The topological polar surface area (TPSA) is 81.7 Å². The lowest BCUT2D eigenvalue weighted by molar-refractivity contribution is -0.142. The first kappa shape index (κ1) is 20.3. The number of benzene rings is 2. The van der Waals surface area contributed by atoms with Gasteiger partial charge in [-0.05, 0) is 55.0 Å². The Morgan fingerprint density at radius 1 is 1.15 bits per heavy atom. The maximum absolute atomic E-state index is 12.5. The third kappa shape index (κ3) is 5.23. The first-order valence-corrected chi connectivity index (χ1v) is 10.0. The molecular formula is C18H21NO5S2. The Morgan fingerprint density at radius 2 is 1.81 bits per heavy atom. The van der Waals surface area contributed by atoms with Gasteiger partial charge >= 0.3 is 5.97 Å². The molecule has 0 unspecified atom stereocenters. The molecule has 0 spiro atoms. The number of ether oxygens (including phenoxy) is 2. The van der Waals surface area contributed by atoms with Gasteiger partial charge in [-0.1, -0.05) is 18.2 Å². The summed E-state index contributed by atoms with van der Waals surface area (Å²) in [6.07, 6.45) is 0.226. The SMILES string of the molecule is COC(=O)[C@H](CCS)NS(=O)(=O)c1ccc(Oc2ccccc2C)cc1. The summed E-state index contributed by atoms with van der Waals surface area (Å²) in [7, 11) is -2.67. The molecule has 0 heterocycles. The molecule has 0 saturated carbocycles. The summed E-state index contributed by atoms with van der Waals surface area (Å²) < 4.78 is 37.7. The fourth-order valence-electron chi connectivity index (χ4n) is 2.24. The van der Waals surface area contributed by atoms with Crippen LogP contribution >= 0.6 is 12.6 Å². The number of hydrogen-bond donors (Lipinski definition) is 2. The minimum Gasteiger partial charge on any atom is -0.468 e. The minimum atomic E-state index is -3.87. The summed E-state index contributed by atoms with van der Waals surface area (Å²) >= 11 is 4.04. The van der Waals surface area contributed by atoms with Gasteiger partial charge in [0, 0.05) is 0 Å². The van der Waals surface area contributed by atoms with Crippen molar-refractivity contribution in [2.45, 2.75) is 24.3 Å². The van der Waals surface area contributed by atoms with Crippen LogP contribution in [0.5, 0.6) is 11.5 Å². The second-order valence-corrected chi connectivity index (χ2v) is 7.71. The molecule has 2 rings (SSSR count). The maximum Gasteiger partial charge on any atom is 0.323 e. The van der Waals surface area contributed by atoms with Crippen LogP contribution in [0.1, 0.15) is 12.0 Å². The van der Waals surface area contributed by atoms with Gasteiger partial charge in [0.05, 0.1) is 12.0 Å². The summed E-state index contributed by atoms with van der Waals surface area (Å²) in [5.41, 5.74) is 0.971. The number of sulfonamides is 1. The first-order chi connectivity index (χ1) is 12.4. The number of aryl methyl sites for hydroxylation is 1. The zero-order valence-corrected chi connectivity index (χ0v) is 16.2. The highest BCUT2D eigenvalue weighted by Gasteiger charge is 2.25. The van der Waals surface area contributed by atoms with Crippen molar-refractivity contribution in [1.29, 1.82) is 0 Å². The highest BCUT2D eigenvalue weighted by Crippen LogP contribution is 2.25. The molecule has 1 N–H and O–H groups in total. The Bertz CT molecular complexity index is 850. The zero-order chi connectivity index (χ0) is 19.2. The third-order valence-corrected chi connectivity index (χ3v) is 5.40. The monoisotopic (exact) mass is 395 g/mol. The molecule has 0 aliphatic carbocycles. The van der Waals surface area contributed by atoms with E-state index in [1.165, 1.54) is 19.2 Å². The van der Waals surface area contributed by atoms with E-state index < -0.39 is 22.0 Å². The molecule has 6 nitrogen and oxygen atoms in total. The smallest absolute Gasteiger partial charge is 0.323 e. The van der Waals surface area contributed by atoms with Crippen molar-refractivity contribution in [2.24, 2.45) is 0 Å². The van der Waals surface area contributed by atoms with Crippen molar-refractivity contribution >= 4 is 28.6 Å². The van der Waals surface area contributed by atoms with Crippen LogP contribution in [0.15, 0.2) is 53.4 Å². The average Bonchev–Trinajstić information content (AvgIpc) is 2.63. The van der Waals surface area contributed by atoms with Crippen molar-refractivity contribution < 1.29 is 22.7 Å². The average molecular weight is 396 g/mol. The molecule has 0 amide bonds. The van der Waals surface area contributed by atoms with Gasteiger partial charge in [0.25, 0.3) is 0 Å². The number of rotatable bonds is 8. The number of carbonyl (C=O) groups excluding carboxylic acids is 1. The molecule has 26 heavy (non-hydrogen) atoms. The maximum atomic E-state index is 12.5. The van der Waals surface area contributed by atoms with Crippen LogP contribution in [-0.4, -0.2) is 33.3 Å². The second kappa shape index (κ2) is 9.07. The Morgan fingerprint density at radius 3 is 2.38 bits per heavy atom. The Labute approximate surface area is 159 Å². The van der Waals surface area contributed by atoms with Crippen LogP contribution in [0.2, 0.25) is 0 Å². The third-order valence-electron chi connectivity index (χ3n) is 3.66. The van der Waals surface area contributed by atoms with Gasteiger partial charge in [0.1, 0.15) is 17.5 Å². The van der Waals surface area contributed by atoms with Gasteiger partial charge in [-0.3, -0.25) is 4.79 Å². The van der Waals surface area contributed by atoms with Gasteiger partial charge in [0.2, 0.25) is 10.0 Å². The highest BCUT2D eigenvalue weighted by atomic mass is 32.2. The molecule has 1 atom stereocenters. The molecule has 140 valence electrons. The number of nitrogens with one attached hydrogen (secondary N) is 1. The largest absolute Gasteiger partial charge is 0.468 e. The summed E-state index contributed by atoms with van der Waals surface area (Å²) in [6, 6.07) is 12.5. The molecular weight excluding hydrogens is 374 g/mol. The van der Waals surface area contributed by atoms with Gasteiger partial charge in [0.15, 0.2) is 0 Å². The number of methoxy groups -OCH3 is 1. The van der Waals surface area contributed by atoms with E-state index in [0.717, 1.165) is 5.56 Å². The molecule has 0 fully saturated rings. The number of hydrogen-bond acceptors (Lipinski definition) is 6. The van der Waals surface area contributed by atoms with Crippen molar-refractivity contribution in [3.63, 3.8) is 0 Å². The van der Waals surface area contributed by atoms with Crippen molar-refractivity contribution in [1.82, 2.24) is 4.72 Å². The molecule has 0 aliphatic heterocycles. The van der Waals surface area contributed by atoms with Crippen LogP contribution in [0.4, 0.5) is 0 Å². The van der Waals surface area contributed by atoms with Gasteiger partial charge in [-0.15, -0.1) is 0 Å². The van der Waals surface area contributed by atoms with Crippen molar-refractivity contribution in [3.8, 4) is 11.5 Å². The predicted octanol–water partition coefficient (Wildman–Crippen LogP) is 2.93. The zero-order valence-electron chi connectivity index (χ0n) is 14.5. The van der Waals surface area contributed by atoms with Crippen molar-refractivity contribution in [3.05, 3.63) is 54.1 Å². The molecule has 0 bridgehead atoms. The Hall–Kier alpha value is -2.03. The Balaban J connectivity index is 2.15. The molecule has 0 saturated heterocycles. The minimum absolute atomic E-state index is 0.0303. The van der Waals surface area contributed by atoms with E-state index in [-0.39, 0.29) is 11.3 Å². The first-order valence-electron chi connectivity index (χ1n) is 7.92. The van der Waals surface area contributed by atoms with E-state index in [0.29, 0.717) is 17.3 Å². The predicted molar refractivity (Wildman–Crippen MR) is 102 cm³/mol. The lowest BCUT2D eigenvalue weighted by Crippen LogP contribution is -2.41. The number of thiol groups is 1. The number of para-hydroxylation sites is 1. The van der Waals surface area contributed by atoms with E-state index in [1.54, 1.807) is 12.1 Å². The number of esters is 1. The highest BCUT2D eigenvalue weighted by molar-refractivity contribution is 7.89. The molecule has 0 aliphatic rings. The fourth-order valence-corrected chi connectivity index (χ4v) is 3.71. The van der Waals surface area contributed by atoms with Crippen LogP contribution in [0, 0.1) is 6.92 Å². The summed E-state index contributed by atoms with van der Waals surface area (Å²) in [5, 5.41) is 0. The summed E-state index contributed by atoms with van der Waals surface area (Å²) in [4.78, 5) is 11.7. The quantitative estimate of drug-likeness (QED) is 0.531. The van der Waals surface area contributed by atoms with Gasteiger partial charge in [-0.25, -0.2) is 8.42 Å². The van der Waals surface area contributed by atoms with Crippen LogP contribution in [-0.2, 0) is 19.6 Å². The van der Waals surface area contributed by atoms with Crippen molar-refractivity contribution in [2.75, 3.05) is 12.9 Å². The summed E-state index contributed by atoms with van der Waals surface area (Å²) in [5.74, 6) is 0.895. The standard InChI is InChI=1S/C18H21NO5S2/c1-13-5-3-4-6-17(13)24-14-7-9-15(10-8-14)26(21,22)19-16(11-12-25)18(20)23-2/h3-10,16,19,25H,11-12H2,1-2H3/t16-/m0/s1. The lowest BCUT2D eigenvalue weighted by atomic mass is 10.2. The molecule has 0 aromatic heterocycles. The Kier molecular flexibility index (Phi) is 7.07. The lowest BCUT2D eigenvalue weighted by Gasteiger charge is -2.16. The molecule has 8 heteroatoms. The van der Waals surface area contributed by atoms with Crippen LogP contribution in [0.25, 0.3) is 0 Å². The second-order valence-electron chi connectivity index (χ2n) is 5.55. The van der Waals surface area contributed by atoms with Crippen LogP contribution in [0.3, 0.4) is 0 Å². The number of carbonyl (C=O) groups is 1. The van der Waals surface area contributed by atoms with E-state index in [4.69, 9.17) is 4.74 Å². The normalized spacial score (nSPS) is 12.4. The van der Waals surface area contributed by atoms with Gasteiger partial charge in [-0.2, -0.15) is 17.4 Å². The van der Waals surface area contributed by atoms with E-state index >= 15 is 0 Å². The molecule has 2 aromatic rings. The molecule has 0 radical (unpaired) electrons. The van der Waals surface area contributed by atoms with E-state index in [9.17, 15) is 13.2 Å².